The Bertz CT molecular complexity index is 598. The van der Waals surface area contributed by atoms with Crippen LogP contribution >= 0.6 is 0 Å². The fraction of sp³-hybridized carbons (Fsp3) is 0.471. The lowest BCUT2D eigenvalue weighted by atomic mass is 10.1. The average molecular weight is 272 g/mol. The topological polar surface area (TPSA) is 44.9 Å². The average Bonchev–Trinajstić information content (AvgIpc) is 2.73. The first-order valence-electron chi connectivity index (χ1n) is 7.50. The molecule has 1 amide bonds. The zero-order valence-electron chi connectivity index (χ0n) is 12.7. The van der Waals surface area contributed by atoms with E-state index < -0.39 is 0 Å². The van der Waals surface area contributed by atoms with Gasteiger partial charge >= 0.3 is 0 Å². The highest BCUT2D eigenvalue weighted by Gasteiger charge is 2.09. The zero-order chi connectivity index (χ0) is 14.5. The number of hydrogen-bond donors (Lipinski definition) is 2. The van der Waals surface area contributed by atoms with Crippen LogP contribution in [0.2, 0.25) is 0 Å². The molecule has 108 valence electrons. The summed E-state index contributed by atoms with van der Waals surface area (Å²) in [4.78, 5) is 15.4. The highest BCUT2D eigenvalue weighted by Crippen LogP contribution is 2.22. The van der Waals surface area contributed by atoms with Crippen LogP contribution in [-0.2, 0) is 0 Å². The maximum absolute atomic E-state index is 12.1. The number of nitrogens with one attached hydrogen (secondary N) is 2. The Balaban J connectivity index is 2.01. The molecule has 1 aromatic carbocycles. The van der Waals surface area contributed by atoms with Gasteiger partial charge in [0.15, 0.2) is 0 Å². The molecule has 2 N–H and O–H groups in total. The van der Waals surface area contributed by atoms with Crippen LogP contribution in [0.25, 0.3) is 10.9 Å². The predicted octanol–water partition coefficient (Wildman–Crippen LogP) is 4.09. The number of hydrogen-bond acceptors (Lipinski definition) is 1. The third-order valence-electron chi connectivity index (χ3n) is 3.89. The van der Waals surface area contributed by atoms with E-state index in [0.717, 1.165) is 35.1 Å². The van der Waals surface area contributed by atoms with Gasteiger partial charge < -0.3 is 10.3 Å². The van der Waals surface area contributed by atoms with Gasteiger partial charge in [-0.1, -0.05) is 26.2 Å². The van der Waals surface area contributed by atoms with Crippen molar-refractivity contribution in [2.75, 3.05) is 6.54 Å². The summed E-state index contributed by atoms with van der Waals surface area (Å²) in [6.07, 6.45) is 4.70. The molecule has 20 heavy (non-hydrogen) atoms. The molecule has 0 fully saturated rings. The molecule has 2 aromatic rings. The fourth-order valence-corrected chi connectivity index (χ4v) is 2.46. The molecule has 0 atom stereocenters. The van der Waals surface area contributed by atoms with E-state index in [1.165, 1.54) is 24.8 Å². The molecule has 1 aromatic heterocycles. The minimum absolute atomic E-state index is 0.0293. The summed E-state index contributed by atoms with van der Waals surface area (Å²) in [5.41, 5.74) is 4.23. The van der Waals surface area contributed by atoms with E-state index in [4.69, 9.17) is 0 Å². The second-order valence-corrected chi connectivity index (χ2v) is 5.45. The van der Waals surface area contributed by atoms with Gasteiger partial charge in [-0.3, -0.25) is 4.79 Å². The number of aryl methyl sites for hydroxylation is 2. The second kappa shape index (κ2) is 6.60. The van der Waals surface area contributed by atoms with Gasteiger partial charge in [-0.2, -0.15) is 0 Å². The van der Waals surface area contributed by atoms with Crippen molar-refractivity contribution in [3.63, 3.8) is 0 Å². The quantitative estimate of drug-likeness (QED) is 0.764. The van der Waals surface area contributed by atoms with Gasteiger partial charge in [0.2, 0.25) is 0 Å². The lowest BCUT2D eigenvalue weighted by Gasteiger charge is -2.05. The molecule has 0 saturated carbocycles. The molecule has 0 spiro atoms. The van der Waals surface area contributed by atoms with Gasteiger partial charge in [0.25, 0.3) is 5.91 Å². The second-order valence-electron chi connectivity index (χ2n) is 5.45. The van der Waals surface area contributed by atoms with E-state index in [9.17, 15) is 4.79 Å². The number of unbranched alkanes of at least 4 members (excludes halogenated alkanes) is 3. The number of amides is 1. The number of aromatic amines is 1. The van der Waals surface area contributed by atoms with Crippen LogP contribution in [0.15, 0.2) is 18.2 Å². The highest BCUT2D eigenvalue weighted by molar-refractivity contribution is 5.99. The van der Waals surface area contributed by atoms with E-state index in [1.807, 2.05) is 18.2 Å². The van der Waals surface area contributed by atoms with Crippen LogP contribution < -0.4 is 5.32 Å². The number of carbonyl (C=O) groups excluding carboxylic acids is 1. The van der Waals surface area contributed by atoms with Crippen molar-refractivity contribution in [2.45, 2.75) is 46.5 Å². The minimum atomic E-state index is 0.0293. The van der Waals surface area contributed by atoms with Crippen molar-refractivity contribution < 1.29 is 4.79 Å². The largest absolute Gasteiger partial charge is 0.358 e. The number of fused-ring (bicyclic) bond motifs is 1. The normalized spacial score (nSPS) is 10.9. The molecule has 0 aliphatic carbocycles. The van der Waals surface area contributed by atoms with E-state index in [-0.39, 0.29) is 5.91 Å². The number of benzene rings is 1. The van der Waals surface area contributed by atoms with Crippen molar-refractivity contribution in [1.82, 2.24) is 10.3 Å². The monoisotopic (exact) mass is 272 g/mol. The third kappa shape index (κ3) is 3.21. The Labute approximate surface area is 120 Å². The summed E-state index contributed by atoms with van der Waals surface area (Å²) in [5, 5.41) is 4.14. The smallest absolute Gasteiger partial charge is 0.251 e. The summed E-state index contributed by atoms with van der Waals surface area (Å²) >= 11 is 0. The molecule has 0 bridgehead atoms. The zero-order valence-corrected chi connectivity index (χ0v) is 12.7. The summed E-state index contributed by atoms with van der Waals surface area (Å²) < 4.78 is 0. The molecule has 3 heteroatoms. The molecule has 0 saturated heterocycles. The van der Waals surface area contributed by atoms with Crippen LogP contribution in [0.3, 0.4) is 0 Å². The summed E-state index contributed by atoms with van der Waals surface area (Å²) in [6, 6.07) is 5.86. The molecule has 3 nitrogen and oxygen atoms in total. The molecular formula is C17H24N2O. The SMILES string of the molecule is CCCCCCNC(=O)c1ccc2[nH]c(C)c(C)c2c1. The van der Waals surface area contributed by atoms with Crippen molar-refractivity contribution in [2.24, 2.45) is 0 Å². The molecular weight excluding hydrogens is 248 g/mol. The number of H-pyrrole nitrogens is 1. The van der Waals surface area contributed by atoms with Gasteiger partial charge in [0.1, 0.15) is 0 Å². The Kier molecular flexibility index (Phi) is 4.83. The number of rotatable bonds is 6. The first kappa shape index (κ1) is 14.6. The van der Waals surface area contributed by atoms with Crippen LogP contribution in [0, 0.1) is 13.8 Å². The Morgan fingerprint density at radius 1 is 1.20 bits per heavy atom. The molecule has 0 aliphatic rings. The van der Waals surface area contributed by atoms with Crippen LogP contribution in [0.5, 0.6) is 0 Å². The Morgan fingerprint density at radius 2 is 2.00 bits per heavy atom. The van der Waals surface area contributed by atoms with Crippen LogP contribution in [0.4, 0.5) is 0 Å². The van der Waals surface area contributed by atoms with Gasteiger partial charge in [0.05, 0.1) is 0 Å². The van der Waals surface area contributed by atoms with Crippen molar-refractivity contribution in [3.8, 4) is 0 Å². The molecule has 1 heterocycles. The lowest BCUT2D eigenvalue weighted by Crippen LogP contribution is -2.24. The van der Waals surface area contributed by atoms with E-state index in [0.29, 0.717) is 0 Å². The lowest BCUT2D eigenvalue weighted by molar-refractivity contribution is 0.0953. The Morgan fingerprint density at radius 3 is 2.75 bits per heavy atom. The minimum Gasteiger partial charge on any atom is -0.358 e. The van der Waals surface area contributed by atoms with E-state index in [1.54, 1.807) is 0 Å². The van der Waals surface area contributed by atoms with Gasteiger partial charge in [0, 0.05) is 28.7 Å². The summed E-state index contributed by atoms with van der Waals surface area (Å²) in [5.74, 6) is 0.0293. The molecule has 0 aliphatic heterocycles. The predicted molar refractivity (Wildman–Crippen MR) is 84.2 cm³/mol. The fourth-order valence-electron chi connectivity index (χ4n) is 2.46. The molecule has 0 unspecified atom stereocenters. The van der Waals surface area contributed by atoms with Crippen LogP contribution in [0.1, 0.15) is 54.2 Å². The van der Waals surface area contributed by atoms with E-state index >= 15 is 0 Å². The summed E-state index contributed by atoms with van der Waals surface area (Å²) in [7, 11) is 0. The summed E-state index contributed by atoms with van der Waals surface area (Å²) in [6.45, 7) is 7.10. The number of aromatic nitrogens is 1. The number of carbonyl (C=O) groups is 1. The third-order valence-corrected chi connectivity index (χ3v) is 3.89. The van der Waals surface area contributed by atoms with Gasteiger partial charge in [-0.15, -0.1) is 0 Å². The Hall–Kier alpha value is -1.77. The first-order valence-corrected chi connectivity index (χ1v) is 7.50. The standard InChI is InChI=1S/C17H24N2O/c1-4-5-6-7-10-18-17(20)14-8-9-16-15(11-14)12(2)13(3)19-16/h8-9,11,19H,4-7,10H2,1-3H3,(H,18,20). The van der Waals surface area contributed by atoms with Crippen molar-refractivity contribution in [3.05, 3.63) is 35.0 Å². The van der Waals surface area contributed by atoms with Crippen LogP contribution in [-0.4, -0.2) is 17.4 Å². The first-order chi connectivity index (χ1) is 9.63. The maximum atomic E-state index is 12.1. The molecule has 2 rings (SSSR count). The van der Waals surface area contributed by atoms with Gasteiger partial charge in [-0.05, 0) is 44.0 Å². The maximum Gasteiger partial charge on any atom is 0.251 e. The molecule has 0 radical (unpaired) electrons. The van der Waals surface area contributed by atoms with Crippen molar-refractivity contribution in [1.29, 1.82) is 0 Å². The highest BCUT2D eigenvalue weighted by atomic mass is 16.1. The van der Waals surface area contributed by atoms with Gasteiger partial charge in [-0.25, -0.2) is 0 Å². The van der Waals surface area contributed by atoms with Crippen molar-refractivity contribution >= 4 is 16.8 Å². The van der Waals surface area contributed by atoms with E-state index in [2.05, 4.69) is 31.1 Å².